The molecule has 18 heavy (non-hydrogen) atoms. The lowest BCUT2D eigenvalue weighted by Crippen LogP contribution is -2.08. The molecule has 1 aliphatic rings. The maximum Gasteiger partial charge on any atom is 0.162 e. The van der Waals surface area contributed by atoms with Gasteiger partial charge in [0.25, 0.3) is 0 Å². The third-order valence-electron chi connectivity index (χ3n) is 3.62. The average molecular weight is 246 g/mol. The average Bonchev–Trinajstić information content (AvgIpc) is 2.92. The lowest BCUT2D eigenvalue weighted by atomic mass is 10.1. The molecule has 0 saturated heterocycles. The van der Waals surface area contributed by atoms with E-state index in [1.165, 1.54) is 25.7 Å². The van der Waals surface area contributed by atoms with Gasteiger partial charge in [-0.3, -0.25) is 4.79 Å². The minimum absolute atomic E-state index is 0.222. The molecule has 0 N–H and O–H groups in total. The van der Waals surface area contributed by atoms with Gasteiger partial charge in [-0.2, -0.15) is 0 Å². The number of carbonyl (C=O) groups is 1. The minimum atomic E-state index is 0.222. The summed E-state index contributed by atoms with van der Waals surface area (Å²) in [7, 11) is 0. The van der Waals surface area contributed by atoms with E-state index in [9.17, 15) is 4.79 Å². The number of rotatable bonds is 7. The maximum atomic E-state index is 11.8. The van der Waals surface area contributed by atoms with Gasteiger partial charge in [-0.15, -0.1) is 0 Å². The van der Waals surface area contributed by atoms with Crippen molar-refractivity contribution in [3.05, 3.63) is 35.9 Å². The molecule has 2 nitrogen and oxygen atoms in total. The molecule has 1 aromatic rings. The maximum absolute atomic E-state index is 11.8. The van der Waals surface area contributed by atoms with E-state index in [4.69, 9.17) is 4.74 Å². The number of Topliss-reactive ketones (excluding diaryl/α,β-unsaturated/α-hetero) is 1. The molecule has 1 aromatic carbocycles. The first-order chi connectivity index (χ1) is 8.86. The van der Waals surface area contributed by atoms with E-state index < -0.39 is 0 Å². The monoisotopic (exact) mass is 246 g/mol. The number of hydrogen-bond donors (Lipinski definition) is 0. The van der Waals surface area contributed by atoms with Gasteiger partial charge in [0, 0.05) is 25.2 Å². The fraction of sp³-hybridized carbons (Fsp3) is 0.562. The lowest BCUT2D eigenvalue weighted by Gasteiger charge is -2.09. The van der Waals surface area contributed by atoms with Crippen molar-refractivity contribution in [2.24, 2.45) is 5.92 Å². The zero-order chi connectivity index (χ0) is 12.6. The van der Waals surface area contributed by atoms with Crippen LogP contribution in [0, 0.1) is 5.92 Å². The van der Waals surface area contributed by atoms with Crippen molar-refractivity contribution in [3.8, 4) is 0 Å². The molecule has 2 rings (SSSR count). The molecule has 0 amide bonds. The SMILES string of the molecule is O=C(CCCOCC1CCCC1)c1ccccc1. The van der Waals surface area contributed by atoms with Crippen molar-refractivity contribution in [1.29, 1.82) is 0 Å². The standard InChI is InChI=1S/C16H22O2/c17-16(15-9-2-1-3-10-15)11-6-12-18-13-14-7-4-5-8-14/h1-3,9-10,14H,4-8,11-13H2. The van der Waals surface area contributed by atoms with Gasteiger partial charge in [0.15, 0.2) is 5.78 Å². The number of ketones is 1. The van der Waals surface area contributed by atoms with Crippen LogP contribution in [-0.4, -0.2) is 19.0 Å². The molecule has 98 valence electrons. The second-order valence-corrected chi connectivity index (χ2v) is 5.12. The topological polar surface area (TPSA) is 26.3 Å². The van der Waals surface area contributed by atoms with Crippen LogP contribution in [-0.2, 0) is 4.74 Å². The summed E-state index contributed by atoms with van der Waals surface area (Å²) in [5, 5.41) is 0. The molecule has 0 heterocycles. The Labute approximate surface area is 109 Å². The molecule has 0 aromatic heterocycles. The van der Waals surface area contributed by atoms with Gasteiger partial charge in [-0.05, 0) is 25.2 Å². The molecule has 0 bridgehead atoms. The molecule has 1 fully saturated rings. The van der Waals surface area contributed by atoms with Crippen LogP contribution in [0.5, 0.6) is 0 Å². The van der Waals surface area contributed by atoms with E-state index in [0.29, 0.717) is 6.42 Å². The largest absolute Gasteiger partial charge is 0.381 e. The van der Waals surface area contributed by atoms with E-state index >= 15 is 0 Å². The van der Waals surface area contributed by atoms with Crippen LogP contribution in [0.2, 0.25) is 0 Å². The van der Waals surface area contributed by atoms with Gasteiger partial charge >= 0.3 is 0 Å². The van der Waals surface area contributed by atoms with Crippen LogP contribution < -0.4 is 0 Å². The summed E-state index contributed by atoms with van der Waals surface area (Å²) >= 11 is 0. The summed E-state index contributed by atoms with van der Waals surface area (Å²) in [6, 6.07) is 9.50. The number of benzene rings is 1. The van der Waals surface area contributed by atoms with Crippen LogP contribution in [0.15, 0.2) is 30.3 Å². The van der Waals surface area contributed by atoms with Crippen molar-refractivity contribution < 1.29 is 9.53 Å². The van der Waals surface area contributed by atoms with Crippen molar-refractivity contribution in [1.82, 2.24) is 0 Å². The normalized spacial score (nSPS) is 16.0. The van der Waals surface area contributed by atoms with Gasteiger partial charge in [0.05, 0.1) is 0 Å². The molecule has 2 heteroatoms. The first-order valence-corrected chi connectivity index (χ1v) is 7.02. The van der Waals surface area contributed by atoms with E-state index in [2.05, 4.69) is 0 Å². The third kappa shape index (κ3) is 4.26. The van der Waals surface area contributed by atoms with Gasteiger partial charge < -0.3 is 4.74 Å². The lowest BCUT2D eigenvalue weighted by molar-refractivity contribution is 0.0869. The highest BCUT2D eigenvalue weighted by molar-refractivity contribution is 5.95. The van der Waals surface area contributed by atoms with Crippen LogP contribution in [0.25, 0.3) is 0 Å². The molecule has 1 saturated carbocycles. The Kier molecular flexibility index (Phi) is 5.40. The molecule has 0 aliphatic heterocycles. The molecule has 0 radical (unpaired) electrons. The number of ether oxygens (including phenoxy) is 1. The smallest absolute Gasteiger partial charge is 0.162 e. The highest BCUT2D eigenvalue weighted by atomic mass is 16.5. The summed E-state index contributed by atoms with van der Waals surface area (Å²) in [4.78, 5) is 11.8. The third-order valence-corrected chi connectivity index (χ3v) is 3.62. The highest BCUT2D eigenvalue weighted by Gasteiger charge is 2.14. The van der Waals surface area contributed by atoms with E-state index in [1.807, 2.05) is 30.3 Å². The Morgan fingerprint density at radius 1 is 1.17 bits per heavy atom. The Balaban J connectivity index is 1.56. The Hall–Kier alpha value is -1.15. The summed E-state index contributed by atoms with van der Waals surface area (Å²) in [5.74, 6) is 0.995. The minimum Gasteiger partial charge on any atom is -0.381 e. The van der Waals surface area contributed by atoms with Crippen molar-refractivity contribution in [3.63, 3.8) is 0 Å². The zero-order valence-corrected chi connectivity index (χ0v) is 10.9. The van der Waals surface area contributed by atoms with Crippen LogP contribution >= 0.6 is 0 Å². The first kappa shape index (κ1) is 13.3. The van der Waals surface area contributed by atoms with Gasteiger partial charge in [-0.1, -0.05) is 43.2 Å². The fourth-order valence-corrected chi connectivity index (χ4v) is 2.53. The van der Waals surface area contributed by atoms with E-state index in [1.54, 1.807) is 0 Å². The fourth-order valence-electron chi connectivity index (χ4n) is 2.53. The summed E-state index contributed by atoms with van der Waals surface area (Å²) < 4.78 is 5.65. The first-order valence-electron chi connectivity index (χ1n) is 7.02. The molecule has 0 atom stereocenters. The summed E-state index contributed by atoms with van der Waals surface area (Å²) in [6.07, 6.45) is 6.79. The molecular weight excluding hydrogens is 224 g/mol. The molecule has 0 unspecified atom stereocenters. The highest BCUT2D eigenvalue weighted by Crippen LogP contribution is 2.24. The second kappa shape index (κ2) is 7.32. The molecule has 1 aliphatic carbocycles. The Morgan fingerprint density at radius 3 is 2.61 bits per heavy atom. The van der Waals surface area contributed by atoms with Gasteiger partial charge in [0.1, 0.15) is 0 Å². The molecular formula is C16H22O2. The van der Waals surface area contributed by atoms with Crippen LogP contribution in [0.1, 0.15) is 48.9 Å². The predicted molar refractivity (Wildman–Crippen MR) is 72.8 cm³/mol. The van der Waals surface area contributed by atoms with E-state index in [-0.39, 0.29) is 5.78 Å². The van der Waals surface area contributed by atoms with Crippen LogP contribution in [0.4, 0.5) is 0 Å². The number of carbonyl (C=O) groups excluding carboxylic acids is 1. The quantitative estimate of drug-likeness (QED) is 0.539. The second-order valence-electron chi connectivity index (χ2n) is 5.12. The van der Waals surface area contributed by atoms with Crippen LogP contribution in [0.3, 0.4) is 0 Å². The van der Waals surface area contributed by atoms with Gasteiger partial charge in [0.2, 0.25) is 0 Å². The summed E-state index contributed by atoms with van der Waals surface area (Å²) in [6.45, 7) is 1.61. The number of hydrogen-bond acceptors (Lipinski definition) is 2. The predicted octanol–water partition coefficient (Wildman–Crippen LogP) is 3.86. The van der Waals surface area contributed by atoms with Crippen molar-refractivity contribution in [2.45, 2.75) is 38.5 Å². The zero-order valence-electron chi connectivity index (χ0n) is 10.9. The Morgan fingerprint density at radius 2 is 1.89 bits per heavy atom. The summed E-state index contributed by atoms with van der Waals surface area (Å²) in [5.41, 5.74) is 0.813. The van der Waals surface area contributed by atoms with Crippen molar-refractivity contribution >= 4 is 5.78 Å². The Bertz CT molecular complexity index is 353. The van der Waals surface area contributed by atoms with Gasteiger partial charge in [-0.25, -0.2) is 0 Å². The van der Waals surface area contributed by atoms with Crippen molar-refractivity contribution in [2.75, 3.05) is 13.2 Å². The van der Waals surface area contributed by atoms with E-state index in [0.717, 1.165) is 31.1 Å². The molecule has 0 spiro atoms.